The molecule has 1 aliphatic rings. The first-order chi connectivity index (χ1) is 13.2. The molecule has 1 unspecified atom stereocenters. The van der Waals surface area contributed by atoms with Crippen molar-refractivity contribution in [3.63, 3.8) is 0 Å². The van der Waals surface area contributed by atoms with Crippen LogP contribution in [0.4, 0.5) is 0 Å². The molecule has 0 radical (unpaired) electrons. The molecule has 1 amide bonds. The van der Waals surface area contributed by atoms with Gasteiger partial charge in [0.2, 0.25) is 5.91 Å². The summed E-state index contributed by atoms with van der Waals surface area (Å²) in [5.41, 5.74) is 1.28. The van der Waals surface area contributed by atoms with Crippen LogP contribution in [0.2, 0.25) is 0 Å². The highest BCUT2D eigenvalue weighted by Gasteiger charge is 2.29. The van der Waals surface area contributed by atoms with E-state index in [2.05, 4.69) is 46.5 Å². The number of nitrogens with zero attached hydrogens (tertiary/aromatic N) is 3. The molecule has 1 fully saturated rings. The van der Waals surface area contributed by atoms with Crippen molar-refractivity contribution in [3.05, 3.63) is 35.9 Å². The monoisotopic (exact) mass is 501 g/mol. The lowest BCUT2D eigenvalue weighted by molar-refractivity contribution is -0.127. The van der Waals surface area contributed by atoms with Crippen molar-refractivity contribution in [1.82, 2.24) is 20.4 Å². The standard InChI is InChI=1S/C21H35N5O.HI/c1-4-25(5-2)14-12-23-21(22-3)24-16-19-15-20(27)26(17-19)13-11-18-9-7-6-8-10-18;/h6-10,19H,4-5,11-17H2,1-3H3,(H2,22,23,24);1H. The number of carbonyl (C=O) groups excluding carboxylic acids is 1. The largest absolute Gasteiger partial charge is 0.356 e. The third-order valence-electron chi connectivity index (χ3n) is 5.20. The van der Waals surface area contributed by atoms with E-state index in [1.807, 2.05) is 23.1 Å². The Hall–Kier alpha value is -1.35. The van der Waals surface area contributed by atoms with Crippen LogP contribution in [0.25, 0.3) is 0 Å². The van der Waals surface area contributed by atoms with Crippen molar-refractivity contribution in [1.29, 1.82) is 0 Å². The maximum absolute atomic E-state index is 12.3. The minimum Gasteiger partial charge on any atom is -0.356 e. The molecule has 1 aliphatic heterocycles. The molecule has 2 N–H and O–H groups in total. The normalized spacial score (nSPS) is 17.0. The molecule has 1 saturated heterocycles. The van der Waals surface area contributed by atoms with Crippen LogP contribution in [0.1, 0.15) is 25.8 Å². The summed E-state index contributed by atoms with van der Waals surface area (Å²) in [5, 5.41) is 6.74. The number of carbonyl (C=O) groups is 1. The molecule has 7 heteroatoms. The van der Waals surface area contributed by atoms with E-state index >= 15 is 0 Å². The second-order valence-electron chi connectivity index (χ2n) is 7.05. The Balaban J connectivity index is 0.00000392. The minimum atomic E-state index is 0. The summed E-state index contributed by atoms with van der Waals surface area (Å²) in [6.07, 6.45) is 1.54. The lowest BCUT2D eigenvalue weighted by Crippen LogP contribution is -2.43. The number of likely N-dealkylation sites (tertiary alicyclic amines) is 1. The number of nitrogens with one attached hydrogen (secondary N) is 2. The van der Waals surface area contributed by atoms with Gasteiger partial charge in [0.1, 0.15) is 0 Å². The average molecular weight is 501 g/mol. The summed E-state index contributed by atoms with van der Waals surface area (Å²) >= 11 is 0. The molecular formula is C21H36IN5O. The van der Waals surface area contributed by atoms with E-state index in [-0.39, 0.29) is 29.9 Å². The van der Waals surface area contributed by atoms with Gasteiger partial charge >= 0.3 is 0 Å². The van der Waals surface area contributed by atoms with Gasteiger partial charge in [-0.3, -0.25) is 9.79 Å². The van der Waals surface area contributed by atoms with E-state index in [9.17, 15) is 4.79 Å². The highest BCUT2D eigenvalue weighted by Crippen LogP contribution is 2.17. The molecule has 0 saturated carbocycles. The zero-order valence-corrected chi connectivity index (χ0v) is 19.8. The summed E-state index contributed by atoms with van der Waals surface area (Å²) < 4.78 is 0. The molecule has 1 aromatic carbocycles. The Morgan fingerprint density at radius 3 is 2.57 bits per heavy atom. The lowest BCUT2D eigenvalue weighted by Gasteiger charge is -2.20. The van der Waals surface area contributed by atoms with Crippen LogP contribution >= 0.6 is 24.0 Å². The van der Waals surface area contributed by atoms with Gasteiger partial charge in [0.05, 0.1) is 0 Å². The van der Waals surface area contributed by atoms with Crippen LogP contribution in [0, 0.1) is 5.92 Å². The van der Waals surface area contributed by atoms with Crippen molar-refractivity contribution in [2.24, 2.45) is 10.9 Å². The van der Waals surface area contributed by atoms with E-state index in [4.69, 9.17) is 0 Å². The van der Waals surface area contributed by atoms with Crippen LogP contribution in [-0.2, 0) is 11.2 Å². The number of aliphatic imine (C=N–C) groups is 1. The van der Waals surface area contributed by atoms with Crippen molar-refractivity contribution in [2.45, 2.75) is 26.7 Å². The van der Waals surface area contributed by atoms with Crippen LogP contribution in [0.3, 0.4) is 0 Å². The molecule has 28 heavy (non-hydrogen) atoms. The number of hydrogen-bond acceptors (Lipinski definition) is 3. The number of halogens is 1. The van der Waals surface area contributed by atoms with Crippen molar-refractivity contribution in [2.75, 3.05) is 52.9 Å². The van der Waals surface area contributed by atoms with Crippen molar-refractivity contribution in [3.8, 4) is 0 Å². The molecule has 158 valence electrons. The van der Waals surface area contributed by atoms with Crippen molar-refractivity contribution >= 4 is 35.8 Å². The van der Waals surface area contributed by atoms with E-state index in [0.29, 0.717) is 12.3 Å². The summed E-state index contributed by atoms with van der Waals surface area (Å²) in [6.45, 7) is 10.8. The van der Waals surface area contributed by atoms with Gasteiger partial charge in [-0.25, -0.2) is 0 Å². The number of rotatable bonds is 10. The second kappa shape index (κ2) is 13.8. The highest BCUT2D eigenvalue weighted by atomic mass is 127. The Bertz CT molecular complexity index is 592. The molecular weight excluding hydrogens is 465 g/mol. The molecule has 0 aliphatic carbocycles. The average Bonchev–Trinajstić information content (AvgIpc) is 3.06. The van der Waals surface area contributed by atoms with E-state index in [1.165, 1.54) is 5.56 Å². The number of amides is 1. The number of benzene rings is 1. The van der Waals surface area contributed by atoms with E-state index in [0.717, 1.165) is 58.2 Å². The van der Waals surface area contributed by atoms with Gasteiger partial charge in [-0.2, -0.15) is 0 Å². The predicted molar refractivity (Wildman–Crippen MR) is 127 cm³/mol. The Kier molecular flexibility index (Phi) is 12.1. The molecule has 6 nitrogen and oxygen atoms in total. The van der Waals surface area contributed by atoms with Crippen LogP contribution in [0.15, 0.2) is 35.3 Å². The van der Waals surface area contributed by atoms with Crippen molar-refractivity contribution < 1.29 is 4.79 Å². The molecule has 0 spiro atoms. The third kappa shape index (κ3) is 8.34. The van der Waals surface area contributed by atoms with Gasteiger partial charge in [0, 0.05) is 52.1 Å². The molecule has 1 heterocycles. The summed E-state index contributed by atoms with van der Waals surface area (Å²) in [6, 6.07) is 10.4. The first kappa shape index (κ1) is 24.7. The predicted octanol–water partition coefficient (Wildman–Crippen LogP) is 2.20. The zero-order chi connectivity index (χ0) is 19.5. The fourth-order valence-corrected chi connectivity index (χ4v) is 3.45. The van der Waals surface area contributed by atoms with Crippen LogP contribution < -0.4 is 10.6 Å². The van der Waals surface area contributed by atoms with Gasteiger partial charge in [-0.05, 0) is 25.1 Å². The molecule has 1 atom stereocenters. The molecule has 2 rings (SSSR count). The minimum absolute atomic E-state index is 0. The lowest BCUT2D eigenvalue weighted by atomic mass is 10.1. The number of guanidine groups is 1. The van der Waals surface area contributed by atoms with Gasteiger partial charge in [-0.1, -0.05) is 44.2 Å². The maximum atomic E-state index is 12.3. The summed E-state index contributed by atoms with van der Waals surface area (Å²) in [4.78, 5) is 20.9. The second-order valence-corrected chi connectivity index (χ2v) is 7.05. The van der Waals surface area contributed by atoms with Gasteiger partial charge in [0.25, 0.3) is 0 Å². The Morgan fingerprint density at radius 1 is 1.21 bits per heavy atom. The quantitative estimate of drug-likeness (QED) is 0.293. The fraction of sp³-hybridized carbons (Fsp3) is 0.619. The SMILES string of the molecule is CCN(CC)CCNC(=NC)NCC1CC(=O)N(CCc2ccccc2)C1.I. The van der Waals surface area contributed by atoms with Gasteiger partial charge in [-0.15, -0.1) is 24.0 Å². The fourth-order valence-electron chi connectivity index (χ4n) is 3.45. The van der Waals surface area contributed by atoms with Crippen LogP contribution in [-0.4, -0.2) is 74.5 Å². The molecule has 0 aromatic heterocycles. The number of likely N-dealkylation sites (N-methyl/N-ethyl adjacent to an activating group) is 1. The topological polar surface area (TPSA) is 60.0 Å². The first-order valence-electron chi connectivity index (χ1n) is 10.1. The Morgan fingerprint density at radius 2 is 1.93 bits per heavy atom. The summed E-state index contributed by atoms with van der Waals surface area (Å²) in [7, 11) is 1.79. The smallest absolute Gasteiger partial charge is 0.223 e. The highest BCUT2D eigenvalue weighted by molar-refractivity contribution is 14.0. The van der Waals surface area contributed by atoms with Crippen LogP contribution in [0.5, 0.6) is 0 Å². The zero-order valence-electron chi connectivity index (χ0n) is 17.5. The summed E-state index contributed by atoms with van der Waals surface area (Å²) in [5.74, 6) is 1.43. The Labute approximate surface area is 187 Å². The van der Waals surface area contributed by atoms with E-state index in [1.54, 1.807) is 7.05 Å². The first-order valence-corrected chi connectivity index (χ1v) is 10.1. The van der Waals surface area contributed by atoms with Gasteiger partial charge in [0.15, 0.2) is 5.96 Å². The molecule has 0 bridgehead atoms. The van der Waals surface area contributed by atoms with E-state index < -0.39 is 0 Å². The molecule has 1 aromatic rings. The number of hydrogen-bond donors (Lipinski definition) is 2. The third-order valence-corrected chi connectivity index (χ3v) is 5.20. The van der Waals surface area contributed by atoms with Gasteiger partial charge < -0.3 is 20.4 Å². The maximum Gasteiger partial charge on any atom is 0.223 e.